The molecule has 0 saturated carbocycles. The van der Waals surface area contributed by atoms with Gasteiger partial charge in [-0.2, -0.15) is 5.10 Å². The Labute approximate surface area is 153 Å². The van der Waals surface area contributed by atoms with Crippen molar-refractivity contribution in [2.45, 2.75) is 12.8 Å². The first-order chi connectivity index (χ1) is 12.9. The molecule has 2 heterocycles. The Bertz CT molecular complexity index is 860. The van der Waals surface area contributed by atoms with Crippen LogP contribution in [0, 0.1) is 15.5 Å². The van der Waals surface area contributed by atoms with Gasteiger partial charge in [-0.15, -0.1) is 0 Å². The standard InChI is InChI=1S/C16H17N5O6/c22-14(18-8-16(15(23)24)3-5-27-6-4-16)11-1-2-12(13(7-11)21(25)26)20-10-17-9-19-20/h1-2,7,9-10H,3-6,8H2,(H,18,22)(H,23,24). The third kappa shape index (κ3) is 3.77. The molecule has 0 radical (unpaired) electrons. The van der Waals surface area contributed by atoms with E-state index >= 15 is 0 Å². The summed E-state index contributed by atoms with van der Waals surface area (Å²) in [6.45, 7) is 0.531. The monoisotopic (exact) mass is 375 g/mol. The normalized spacial score (nSPS) is 15.9. The number of nitrogens with one attached hydrogen (secondary N) is 1. The lowest BCUT2D eigenvalue weighted by Gasteiger charge is -2.33. The van der Waals surface area contributed by atoms with E-state index in [2.05, 4.69) is 15.4 Å². The van der Waals surface area contributed by atoms with Gasteiger partial charge in [0.2, 0.25) is 0 Å². The maximum absolute atomic E-state index is 12.4. The fourth-order valence-corrected chi connectivity index (χ4v) is 2.92. The van der Waals surface area contributed by atoms with Crippen LogP contribution in [0.4, 0.5) is 5.69 Å². The molecule has 0 bridgehead atoms. The highest BCUT2D eigenvalue weighted by Crippen LogP contribution is 2.30. The summed E-state index contributed by atoms with van der Waals surface area (Å²) in [5.74, 6) is -1.59. The number of nitro groups is 1. The van der Waals surface area contributed by atoms with Crippen molar-refractivity contribution in [2.75, 3.05) is 19.8 Å². The number of hydrogen-bond donors (Lipinski definition) is 2. The molecule has 142 valence electrons. The van der Waals surface area contributed by atoms with Gasteiger partial charge in [0, 0.05) is 31.4 Å². The molecule has 11 heteroatoms. The van der Waals surface area contributed by atoms with Crippen LogP contribution in [0.3, 0.4) is 0 Å². The predicted molar refractivity (Wildman–Crippen MR) is 90.5 cm³/mol. The highest BCUT2D eigenvalue weighted by Gasteiger charge is 2.40. The van der Waals surface area contributed by atoms with E-state index < -0.39 is 22.2 Å². The van der Waals surface area contributed by atoms with E-state index in [4.69, 9.17) is 4.74 Å². The molecule has 0 unspecified atom stereocenters. The Hall–Kier alpha value is -3.34. The lowest BCUT2D eigenvalue weighted by molar-refractivity contribution is -0.384. The molecule has 1 aliphatic rings. The number of hydrogen-bond acceptors (Lipinski definition) is 7. The second kappa shape index (κ2) is 7.50. The van der Waals surface area contributed by atoms with Gasteiger partial charge in [0.1, 0.15) is 18.3 Å². The number of carbonyl (C=O) groups is 2. The first-order valence-corrected chi connectivity index (χ1v) is 8.16. The molecule has 1 fully saturated rings. The summed E-state index contributed by atoms with van der Waals surface area (Å²) in [5.41, 5.74) is -1.19. The quantitative estimate of drug-likeness (QED) is 0.556. The first kappa shape index (κ1) is 18.5. The Morgan fingerprint density at radius 3 is 2.70 bits per heavy atom. The summed E-state index contributed by atoms with van der Waals surface area (Å²) in [6.07, 6.45) is 3.12. The van der Waals surface area contributed by atoms with Crippen LogP contribution in [0.25, 0.3) is 5.69 Å². The molecule has 27 heavy (non-hydrogen) atoms. The van der Waals surface area contributed by atoms with Crippen LogP contribution < -0.4 is 5.32 Å². The summed E-state index contributed by atoms with van der Waals surface area (Å²) >= 11 is 0. The van der Waals surface area contributed by atoms with Crippen molar-refractivity contribution in [2.24, 2.45) is 5.41 Å². The molecule has 1 saturated heterocycles. The van der Waals surface area contributed by atoms with E-state index in [0.717, 1.165) is 6.07 Å². The Morgan fingerprint density at radius 2 is 2.11 bits per heavy atom. The highest BCUT2D eigenvalue weighted by molar-refractivity contribution is 5.95. The fraction of sp³-hybridized carbons (Fsp3) is 0.375. The van der Waals surface area contributed by atoms with E-state index in [1.165, 1.54) is 29.5 Å². The van der Waals surface area contributed by atoms with Gasteiger partial charge >= 0.3 is 5.97 Å². The zero-order chi connectivity index (χ0) is 19.4. The van der Waals surface area contributed by atoms with Crippen LogP contribution in [-0.4, -0.2) is 56.4 Å². The Balaban J connectivity index is 1.79. The molecule has 1 aromatic carbocycles. The SMILES string of the molecule is O=C(NCC1(C(=O)O)CCOCC1)c1ccc(-n2cncn2)c([N+](=O)[O-])c1. The molecule has 2 aromatic rings. The number of nitrogens with zero attached hydrogens (tertiary/aromatic N) is 4. The number of aromatic nitrogens is 3. The molecule has 3 rings (SSSR count). The lowest BCUT2D eigenvalue weighted by atomic mass is 9.80. The largest absolute Gasteiger partial charge is 0.481 e. The predicted octanol–water partition coefficient (Wildman–Crippen LogP) is 0.787. The molecular weight excluding hydrogens is 358 g/mol. The van der Waals surface area contributed by atoms with E-state index in [9.17, 15) is 24.8 Å². The molecule has 2 N–H and O–H groups in total. The van der Waals surface area contributed by atoms with Crippen LogP contribution in [0.2, 0.25) is 0 Å². The van der Waals surface area contributed by atoms with Crippen LogP contribution in [0.5, 0.6) is 0 Å². The van der Waals surface area contributed by atoms with E-state index in [1.54, 1.807) is 0 Å². The third-order valence-corrected chi connectivity index (χ3v) is 4.59. The average molecular weight is 375 g/mol. The number of carboxylic acid groups (broad SMARTS) is 1. The smallest absolute Gasteiger partial charge is 0.311 e. The molecule has 0 atom stereocenters. The third-order valence-electron chi connectivity index (χ3n) is 4.59. The summed E-state index contributed by atoms with van der Waals surface area (Å²) < 4.78 is 6.42. The number of carboxylic acids is 1. The zero-order valence-corrected chi connectivity index (χ0v) is 14.2. The van der Waals surface area contributed by atoms with Gasteiger partial charge in [-0.25, -0.2) is 9.67 Å². The van der Waals surface area contributed by atoms with Crippen molar-refractivity contribution in [3.05, 3.63) is 46.5 Å². The van der Waals surface area contributed by atoms with Crippen molar-refractivity contribution < 1.29 is 24.4 Å². The van der Waals surface area contributed by atoms with Crippen molar-refractivity contribution in [3.63, 3.8) is 0 Å². The minimum absolute atomic E-state index is 0.0539. The van der Waals surface area contributed by atoms with E-state index in [0.29, 0.717) is 13.2 Å². The van der Waals surface area contributed by atoms with Crippen molar-refractivity contribution in [3.8, 4) is 5.69 Å². The number of ether oxygens (including phenoxy) is 1. The number of amides is 1. The van der Waals surface area contributed by atoms with Crippen molar-refractivity contribution in [1.82, 2.24) is 20.1 Å². The zero-order valence-electron chi connectivity index (χ0n) is 14.2. The van der Waals surface area contributed by atoms with Gasteiger partial charge in [0.05, 0.1) is 10.3 Å². The van der Waals surface area contributed by atoms with Crippen LogP contribution in [0.1, 0.15) is 23.2 Å². The Morgan fingerprint density at radius 1 is 1.37 bits per heavy atom. The molecule has 1 aromatic heterocycles. The molecule has 11 nitrogen and oxygen atoms in total. The summed E-state index contributed by atoms with van der Waals surface area (Å²) in [7, 11) is 0. The first-order valence-electron chi connectivity index (χ1n) is 8.16. The van der Waals surface area contributed by atoms with Crippen LogP contribution in [-0.2, 0) is 9.53 Å². The van der Waals surface area contributed by atoms with Gasteiger partial charge in [-0.05, 0) is 25.0 Å². The molecule has 1 amide bonds. The lowest BCUT2D eigenvalue weighted by Crippen LogP contribution is -2.46. The number of aliphatic carboxylic acids is 1. The Kier molecular flexibility index (Phi) is 5.12. The highest BCUT2D eigenvalue weighted by atomic mass is 16.6. The van der Waals surface area contributed by atoms with Gasteiger partial charge < -0.3 is 15.2 Å². The number of nitro benzene ring substituents is 1. The number of rotatable bonds is 6. The van der Waals surface area contributed by atoms with Crippen molar-refractivity contribution in [1.29, 1.82) is 0 Å². The topological polar surface area (TPSA) is 149 Å². The molecule has 0 aliphatic carbocycles. The van der Waals surface area contributed by atoms with Gasteiger partial charge in [0.25, 0.3) is 11.6 Å². The van der Waals surface area contributed by atoms with Gasteiger partial charge in [0.15, 0.2) is 0 Å². The average Bonchev–Trinajstić information content (AvgIpc) is 3.20. The van der Waals surface area contributed by atoms with Crippen LogP contribution >= 0.6 is 0 Å². The molecule has 1 aliphatic heterocycles. The summed E-state index contributed by atoms with van der Waals surface area (Å²) in [4.78, 5) is 38.5. The van der Waals surface area contributed by atoms with Crippen LogP contribution in [0.15, 0.2) is 30.9 Å². The summed E-state index contributed by atoms with van der Waals surface area (Å²) in [6, 6.07) is 3.93. The fourth-order valence-electron chi connectivity index (χ4n) is 2.92. The maximum atomic E-state index is 12.4. The molecular formula is C16H17N5O6. The van der Waals surface area contributed by atoms with Crippen molar-refractivity contribution >= 4 is 17.6 Å². The van der Waals surface area contributed by atoms with E-state index in [-0.39, 0.29) is 36.3 Å². The second-order valence-corrected chi connectivity index (χ2v) is 6.18. The second-order valence-electron chi connectivity index (χ2n) is 6.18. The maximum Gasteiger partial charge on any atom is 0.311 e. The minimum atomic E-state index is -1.10. The number of carbonyl (C=O) groups excluding carboxylic acids is 1. The summed E-state index contributed by atoms with van der Waals surface area (Å²) in [5, 5.41) is 27.3. The molecule has 0 spiro atoms. The van der Waals surface area contributed by atoms with Gasteiger partial charge in [-0.3, -0.25) is 19.7 Å². The van der Waals surface area contributed by atoms with E-state index in [1.807, 2.05) is 0 Å². The minimum Gasteiger partial charge on any atom is -0.481 e. The number of benzene rings is 1. The van der Waals surface area contributed by atoms with Gasteiger partial charge in [-0.1, -0.05) is 0 Å².